The van der Waals surface area contributed by atoms with Gasteiger partial charge in [0.15, 0.2) is 0 Å². The molecule has 0 radical (unpaired) electrons. The number of carbonyl (C=O) groups is 1. The summed E-state index contributed by atoms with van der Waals surface area (Å²) in [6, 6.07) is 4.43. The summed E-state index contributed by atoms with van der Waals surface area (Å²) in [5, 5.41) is 12.6. The number of halogens is 1. The molecule has 0 spiro atoms. The monoisotopic (exact) mass is 322 g/mol. The number of amides is 1. The molecule has 0 aromatic heterocycles. The van der Waals surface area contributed by atoms with Crippen molar-refractivity contribution in [1.29, 1.82) is 0 Å². The highest BCUT2D eigenvalue weighted by molar-refractivity contribution is 5.82. The Morgan fingerprint density at radius 3 is 2.52 bits per heavy atom. The lowest BCUT2D eigenvalue weighted by Crippen LogP contribution is -2.39. The Morgan fingerprint density at radius 2 is 1.96 bits per heavy atom. The number of nitrogens with one attached hydrogen (secondary N) is 1. The van der Waals surface area contributed by atoms with E-state index >= 15 is 0 Å². The van der Waals surface area contributed by atoms with Crippen LogP contribution in [0.3, 0.4) is 0 Å². The molecule has 23 heavy (non-hydrogen) atoms. The maximum absolute atomic E-state index is 13.7. The van der Waals surface area contributed by atoms with Gasteiger partial charge in [-0.15, -0.1) is 0 Å². The number of hydrogen-bond acceptors (Lipinski definition) is 3. The summed E-state index contributed by atoms with van der Waals surface area (Å²) in [6.45, 7) is 8.91. The SMILES string of the molecule is CC(NC(=O)C(C)(C)C)c1cc(F)ccc1N1CCC(O)CC1. The third-order valence-corrected chi connectivity index (χ3v) is 4.29. The number of anilines is 1. The van der Waals surface area contributed by atoms with E-state index in [9.17, 15) is 14.3 Å². The number of benzene rings is 1. The van der Waals surface area contributed by atoms with Crippen molar-refractivity contribution < 1.29 is 14.3 Å². The molecule has 1 amide bonds. The van der Waals surface area contributed by atoms with Gasteiger partial charge in [-0.2, -0.15) is 0 Å². The van der Waals surface area contributed by atoms with Gasteiger partial charge in [-0.3, -0.25) is 4.79 Å². The first-order valence-corrected chi connectivity index (χ1v) is 8.22. The minimum atomic E-state index is -0.489. The summed E-state index contributed by atoms with van der Waals surface area (Å²) in [6.07, 6.45) is 1.16. The van der Waals surface area contributed by atoms with Gasteiger partial charge in [-0.05, 0) is 38.0 Å². The van der Waals surface area contributed by atoms with Gasteiger partial charge in [0.2, 0.25) is 5.91 Å². The smallest absolute Gasteiger partial charge is 0.225 e. The maximum Gasteiger partial charge on any atom is 0.225 e. The van der Waals surface area contributed by atoms with Crippen LogP contribution < -0.4 is 10.2 Å². The van der Waals surface area contributed by atoms with Gasteiger partial charge < -0.3 is 15.3 Å². The number of aliphatic hydroxyl groups is 1. The first-order chi connectivity index (χ1) is 10.7. The van der Waals surface area contributed by atoms with E-state index in [-0.39, 0.29) is 23.9 Å². The van der Waals surface area contributed by atoms with Crippen LogP contribution in [0.2, 0.25) is 0 Å². The van der Waals surface area contributed by atoms with Crippen LogP contribution in [0.4, 0.5) is 10.1 Å². The zero-order valence-electron chi connectivity index (χ0n) is 14.4. The Kier molecular flexibility index (Phi) is 5.30. The van der Waals surface area contributed by atoms with E-state index in [4.69, 9.17) is 0 Å². The van der Waals surface area contributed by atoms with Crippen molar-refractivity contribution in [3.63, 3.8) is 0 Å². The first kappa shape index (κ1) is 17.7. The molecule has 1 aliphatic heterocycles. The van der Waals surface area contributed by atoms with Crippen LogP contribution in [0, 0.1) is 11.2 Å². The second-order valence-electron chi connectivity index (χ2n) is 7.37. The zero-order valence-corrected chi connectivity index (χ0v) is 14.4. The summed E-state index contributed by atoms with van der Waals surface area (Å²) < 4.78 is 13.7. The third kappa shape index (κ3) is 4.44. The predicted octanol–water partition coefficient (Wildman–Crippen LogP) is 3.01. The Morgan fingerprint density at radius 1 is 1.35 bits per heavy atom. The minimum absolute atomic E-state index is 0.0609. The molecule has 2 N–H and O–H groups in total. The molecule has 0 saturated carbocycles. The molecule has 1 unspecified atom stereocenters. The molecule has 1 heterocycles. The molecule has 1 aliphatic rings. The Bertz CT molecular complexity index is 561. The van der Waals surface area contributed by atoms with Gasteiger partial charge in [0.1, 0.15) is 5.82 Å². The number of carbonyl (C=O) groups excluding carboxylic acids is 1. The molecular formula is C18H27FN2O2. The van der Waals surface area contributed by atoms with Crippen molar-refractivity contribution in [2.45, 2.75) is 52.7 Å². The molecular weight excluding hydrogens is 295 g/mol. The van der Waals surface area contributed by atoms with E-state index in [2.05, 4.69) is 10.2 Å². The van der Waals surface area contributed by atoms with Crippen LogP contribution in [-0.2, 0) is 4.79 Å². The van der Waals surface area contributed by atoms with Crippen LogP contribution in [0.25, 0.3) is 0 Å². The Hall–Kier alpha value is -1.62. The van der Waals surface area contributed by atoms with E-state index in [0.717, 1.165) is 24.3 Å². The molecule has 1 aromatic rings. The van der Waals surface area contributed by atoms with E-state index < -0.39 is 5.41 Å². The summed E-state index contributed by atoms with van der Waals surface area (Å²) in [5.41, 5.74) is 1.22. The first-order valence-electron chi connectivity index (χ1n) is 8.22. The number of nitrogens with zero attached hydrogens (tertiary/aromatic N) is 1. The number of piperidine rings is 1. The lowest BCUT2D eigenvalue weighted by atomic mass is 9.94. The van der Waals surface area contributed by atoms with Crippen LogP contribution >= 0.6 is 0 Å². The fraction of sp³-hybridized carbons (Fsp3) is 0.611. The zero-order chi connectivity index (χ0) is 17.2. The van der Waals surface area contributed by atoms with E-state index in [0.29, 0.717) is 12.8 Å². The lowest BCUT2D eigenvalue weighted by molar-refractivity contribution is -0.129. The van der Waals surface area contributed by atoms with E-state index in [1.165, 1.54) is 12.1 Å². The molecule has 1 fully saturated rings. The van der Waals surface area contributed by atoms with Crippen molar-refractivity contribution >= 4 is 11.6 Å². The van der Waals surface area contributed by atoms with Crippen molar-refractivity contribution in [2.24, 2.45) is 5.41 Å². The van der Waals surface area contributed by atoms with E-state index in [1.807, 2.05) is 27.7 Å². The number of aliphatic hydroxyl groups excluding tert-OH is 1. The van der Waals surface area contributed by atoms with Crippen LogP contribution in [0.1, 0.15) is 52.1 Å². The highest BCUT2D eigenvalue weighted by Gasteiger charge is 2.26. The van der Waals surface area contributed by atoms with Gasteiger partial charge in [0.25, 0.3) is 0 Å². The predicted molar refractivity (Wildman–Crippen MR) is 89.9 cm³/mol. The molecule has 4 nitrogen and oxygen atoms in total. The third-order valence-electron chi connectivity index (χ3n) is 4.29. The molecule has 2 rings (SSSR count). The second kappa shape index (κ2) is 6.87. The summed E-state index contributed by atoms with van der Waals surface area (Å²) in [4.78, 5) is 14.4. The topological polar surface area (TPSA) is 52.6 Å². The highest BCUT2D eigenvalue weighted by Crippen LogP contribution is 2.30. The number of rotatable bonds is 3. The van der Waals surface area contributed by atoms with Gasteiger partial charge in [-0.1, -0.05) is 20.8 Å². The average Bonchev–Trinajstić information content (AvgIpc) is 2.47. The van der Waals surface area contributed by atoms with E-state index in [1.54, 1.807) is 6.07 Å². The summed E-state index contributed by atoms with van der Waals surface area (Å²) in [5.74, 6) is -0.369. The maximum atomic E-state index is 13.7. The molecule has 0 bridgehead atoms. The molecule has 128 valence electrons. The molecule has 1 aromatic carbocycles. The second-order valence-corrected chi connectivity index (χ2v) is 7.37. The normalized spacial score (nSPS) is 17.9. The van der Waals surface area contributed by atoms with Gasteiger partial charge in [0, 0.05) is 29.8 Å². The average molecular weight is 322 g/mol. The van der Waals surface area contributed by atoms with Crippen molar-refractivity contribution in [2.75, 3.05) is 18.0 Å². The van der Waals surface area contributed by atoms with Crippen molar-refractivity contribution in [3.05, 3.63) is 29.6 Å². The number of hydrogen-bond donors (Lipinski definition) is 2. The quantitative estimate of drug-likeness (QED) is 0.899. The molecule has 1 atom stereocenters. The lowest BCUT2D eigenvalue weighted by Gasteiger charge is -2.34. The fourth-order valence-electron chi connectivity index (χ4n) is 2.76. The fourth-order valence-corrected chi connectivity index (χ4v) is 2.76. The minimum Gasteiger partial charge on any atom is -0.393 e. The van der Waals surface area contributed by atoms with Gasteiger partial charge >= 0.3 is 0 Å². The summed E-state index contributed by atoms with van der Waals surface area (Å²) >= 11 is 0. The molecule has 5 heteroatoms. The van der Waals surface area contributed by atoms with Gasteiger partial charge in [0.05, 0.1) is 12.1 Å². The van der Waals surface area contributed by atoms with Crippen molar-refractivity contribution in [1.82, 2.24) is 5.32 Å². The Balaban J connectivity index is 2.23. The standard InChI is InChI=1S/C18H27FN2O2/c1-12(20-17(23)18(2,3)4)15-11-13(19)5-6-16(15)21-9-7-14(22)8-10-21/h5-6,11-12,14,22H,7-10H2,1-4H3,(H,20,23). The van der Waals surface area contributed by atoms with Crippen LogP contribution in [-0.4, -0.2) is 30.2 Å². The highest BCUT2D eigenvalue weighted by atomic mass is 19.1. The molecule has 0 aliphatic carbocycles. The molecule has 1 saturated heterocycles. The summed E-state index contributed by atoms with van der Waals surface area (Å²) in [7, 11) is 0. The van der Waals surface area contributed by atoms with Crippen LogP contribution in [0.5, 0.6) is 0 Å². The van der Waals surface area contributed by atoms with Crippen LogP contribution in [0.15, 0.2) is 18.2 Å². The Labute approximate surface area is 137 Å². The van der Waals surface area contributed by atoms with Crippen molar-refractivity contribution in [3.8, 4) is 0 Å². The largest absolute Gasteiger partial charge is 0.393 e. The van der Waals surface area contributed by atoms with Gasteiger partial charge in [-0.25, -0.2) is 4.39 Å².